The Balaban J connectivity index is 2.19. The predicted molar refractivity (Wildman–Crippen MR) is 76.7 cm³/mol. The minimum absolute atomic E-state index is 0.0536. The van der Waals surface area contributed by atoms with E-state index in [0.717, 1.165) is 4.47 Å². The topological polar surface area (TPSA) is 0 Å². The van der Waals surface area contributed by atoms with Gasteiger partial charge in [0.05, 0.1) is 0 Å². The molecule has 0 spiro atoms. The molecule has 0 bridgehead atoms. The zero-order chi connectivity index (χ0) is 13.0. The van der Waals surface area contributed by atoms with Crippen molar-refractivity contribution in [2.75, 3.05) is 0 Å². The van der Waals surface area contributed by atoms with E-state index in [9.17, 15) is 4.39 Å². The average Bonchev–Trinajstić information content (AvgIpc) is 2.40. The molecule has 2 aromatic carbocycles. The van der Waals surface area contributed by atoms with Crippen molar-refractivity contribution in [3.8, 4) is 11.1 Å². The number of hydrogen-bond donors (Lipinski definition) is 0. The summed E-state index contributed by atoms with van der Waals surface area (Å²) in [6, 6.07) is 18.7. The summed E-state index contributed by atoms with van der Waals surface area (Å²) in [4.78, 5) is 0. The van der Waals surface area contributed by atoms with E-state index in [-0.39, 0.29) is 20.8 Å². The Bertz CT molecular complexity index is 537. The maximum absolute atomic E-state index is 13.0. The van der Waals surface area contributed by atoms with E-state index in [0.29, 0.717) is 0 Å². The molecule has 0 N–H and O–H groups in total. The second-order valence-corrected chi connectivity index (χ2v) is 6.78. The van der Waals surface area contributed by atoms with E-state index >= 15 is 0 Å². The van der Waals surface area contributed by atoms with Gasteiger partial charge in [0.1, 0.15) is 0 Å². The first-order chi connectivity index (χ1) is 8.66. The zero-order valence-corrected chi connectivity index (χ0v) is 12.2. The van der Waals surface area contributed by atoms with Crippen molar-refractivity contribution < 1.29 is 4.39 Å². The van der Waals surface area contributed by atoms with Crippen LogP contribution in [0.5, 0.6) is 0 Å². The number of hydrogen-bond acceptors (Lipinski definition) is 0. The summed E-state index contributed by atoms with van der Waals surface area (Å²) in [6.07, 6.45) is 0. The van der Waals surface area contributed by atoms with Gasteiger partial charge in [-0.3, -0.25) is 0 Å². The zero-order valence-electron chi connectivity index (χ0n) is 10.5. The van der Waals surface area contributed by atoms with Gasteiger partial charge in [-0.2, -0.15) is 0 Å². The Hall–Kier alpha value is -1.37. The molecule has 0 heterocycles. The fourth-order valence-corrected chi connectivity index (χ4v) is 3.20. The van der Waals surface area contributed by atoms with Crippen molar-refractivity contribution in [2.24, 2.45) is 0 Å². The van der Waals surface area contributed by atoms with Crippen molar-refractivity contribution in [3.63, 3.8) is 0 Å². The summed E-state index contributed by atoms with van der Waals surface area (Å²) in [5, 5.41) is 0. The molecular formula is C16H15FSe. The van der Waals surface area contributed by atoms with Crippen LogP contribution < -0.4 is 4.46 Å². The Labute approximate surface area is 114 Å². The molecule has 92 valence electrons. The molecule has 2 heteroatoms. The van der Waals surface area contributed by atoms with Crippen LogP contribution in [0.15, 0.2) is 64.9 Å². The van der Waals surface area contributed by atoms with Crippen LogP contribution >= 0.6 is 0 Å². The molecule has 0 amide bonds. The molecule has 0 aliphatic rings. The van der Waals surface area contributed by atoms with Gasteiger partial charge in [-0.25, -0.2) is 0 Å². The van der Waals surface area contributed by atoms with Gasteiger partial charge in [0.25, 0.3) is 0 Å². The molecule has 0 saturated heterocycles. The molecular weight excluding hydrogens is 290 g/mol. The Morgan fingerprint density at radius 1 is 0.833 bits per heavy atom. The van der Waals surface area contributed by atoms with Crippen LogP contribution in [-0.2, 0) is 0 Å². The number of allylic oxidation sites excluding steroid dienone is 2. The third-order valence-corrected chi connectivity index (χ3v) is 5.02. The molecule has 0 unspecified atom stereocenters. The van der Waals surface area contributed by atoms with Gasteiger partial charge in [0, 0.05) is 0 Å². The predicted octanol–water partition coefficient (Wildman–Crippen LogP) is 3.90. The van der Waals surface area contributed by atoms with E-state index in [1.165, 1.54) is 22.5 Å². The van der Waals surface area contributed by atoms with Crippen LogP contribution in [0.25, 0.3) is 11.1 Å². The van der Waals surface area contributed by atoms with Gasteiger partial charge in [-0.1, -0.05) is 0 Å². The van der Waals surface area contributed by atoms with Gasteiger partial charge in [0.15, 0.2) is 0 Å². The molecule has 0 aliphatic carbocycles. The fourth-order valence-electron chi connectivity index (χ4n) is 1.59. The van der Waals surface area contributed by atoms with Gasteiger partial charge in [0.2, 0.25) is 0 Å². The van der Waals surface area contributed by atoms with Crippen molar-refractivity contribution in [1.82, 2.24) is 0 Å². The van der Waals surface area contributed by atoms with E-state index in [1.54, 1.807) is 0 Å². The summed E-state index contributed by atoms with van der Waals surface area (Å²) < 4.78 is 15.1. The third-order valence-electron chi connectivity index (χ3n) is 2.72. The van der Waals surface area contributed by atoms with Crippen molar-refractivity contribution in [3.05, 3.63) is 64.9 Å². The molecule has 0 aromatic heterocycles. The van der Waals surface area contributed by atoms with E-state index in [1.807, 2.05) is 25.1 Å². The maximum atomic E-state index is 13.0. The van der Waals surface area contributed by atoms with E-state index < -0.39 is 0 Å². The molecule has 0 atom stereocenters. The summed E-state index contributed by atoms with van der Waals surface area (Å²) in [6.45, 7) is 3.38. The minimum atomic E-state index is -0.0536. The Morgan fingerprint density at radius 2 is 1.39 bits per heavy atom. The van der Waals surface area contributed by atoms with Crippen LogP contribution in [0.1, 0.15) is 13.8 Å². The molecule has 0 saturated carbocycles. The van der Waals surface area contributed by atoms with Crippen LogP contribution in [0, 0.1) is 0 Å². The van der Waals surface area contributed by atoms with Gasteiger partial charge in [-0.15, -0.1) is 0 Å². The molecule has 0 fully saturated rings. The Morgan fingerprint density at radius 3 is 1.94 bits per heavy atom. The standard InChI is InChI=1S/C16H15FSe/c1-12(17)13(2)18-16-10-8-15(9-11-16)14-6-4-3-5-7-14/h3-11H,1-2H3/b13-12+. The second-order valence-electron chi connectivity index (χ2n) is 4.08. The average molecular weight is 305 g/mol. The number of rotatable bonds is 3. The normalized spacial score (nSPS) is 12.2. The second kappa shape index (κ2) is 5.99. The molecule has 0 radical (unpaired) electrons. The Kier molecular flexibility index (Phi) is 4.35. The summed E-state index contributed by atoms with van der Waals surface area (Å²) >= 11 is 0.0913. The SMILES string of the molecule is C/C(F)=C(/C)[Se]c1ccc(-c2ccccc2)cc1. The van der Waals surface area contributed by atoms with Crippen LogP contribution in [0.4, 0.5) is 4.39 Å². The molecule has 0 nitrogen and oxygen atoms in total. The molecule has 2 aromatic rings. The molecule has 2 rings (SSSR count). The fraction of sp³-hybridized carbons (Fsp3) is 0.125. The first-order valence-corrected chi connectivity index (χ1v) is 7.54. The van der Waals surface area contributed by atoms with Crippen LogP contribution in [0.3, 0.4) is 0 Å². The van der Waals surface area contributed by atoms with Crippen molar-refractivity contribution >= 4 is 19.4 Å². The van der Waals surface area contributed by atoms with Gasteiger partial charge in [-0.05, 0) is 0 Å². The van der Waals surface area contributed by atoms with Crippen molar-refractivity contribution in [2.45, 2.75) is 13.8 Å². The quantitative estimate of drug-likeness (QED) is 0.754. The third kappa shape index (κ3) is 3.32. The van der Waals surface area contributed by atoms with Gasteiger partial charge < -0.3 is 0 Å². The van der Waals surface area contributed by atoms with E-state index in [2.05, 4.69) is 36.4 Å². The van der Waals surface area contributed by atoms with Crippen LogP contribution in [0.2, 0.25) is 0 Å². The number of halogens is 1. The van der Waals surface area contributed by atoms with E-state index in [4.69, 9.17) is 0 Å². The first-order valence-electron chi connectivity index (χ1n) is 5.83. The number of benzene rings is 2. The molecule has 18 heavy (non-hydrogen) atoms. The molecule has 0 aliphatic heterocycles. The first kappa shape index (κ1) is 13.1. The monoisotopic (exact) mass is 306 g/mol. The van der Waals surface area contributed by atoms with Gasteiger partial charge >= 0.3 is 114 Å². The van der Waals surface area contributed by atoms with Crippen molar-refractivity contribution in [1.29, 1.82) is 0 Å². The van der Waals surface area contributed by atoms with Crippen LogP contribution in [-0.4, -0.2) is 15.0 Å². The summed E-state index contributed by atoms with van der Waals surface area (Å²) in [5.74, 6) is -0.0536. The summed E-state index contributed by atoms with van der Waals surface area (Å²) in [7, 11) is 0. The summed E-state index contributed by atoms with van der Waals surface area (Å²) in [5.41, 5.74) is 2.42.